The first kappa shape index (κ1) is 12.1. The topological polar surface area (TPSA) is 96.5 Å². The monoisotopic (exact) mass is 223 g/mol. The number of hydrogen-bond donors (Lipinski definition) is 2. The molecular weight excluding hydrogens is 210 g/mol. The van der Waals surface area contributed by atoms with Crippen LogP contribution in [0.1, 0.15) is 6.42 Å². The highest BCUT2D eigenvalue weighted by molar-refractivity contribution is 5.98. The van der Waals surface area contributed by atoms with Gasteiger partial charge in [0.15, 0.2) is 0 Å². The molecule has 0 saturated carbocycles. The molecule has 1 atom stereocenters. The number of likely N-dealkylation sites (N-methyl/N-ethyl adjacent to an activating group) is 1. The summed E-state index contributed by atoms with van der Waals surface area (Å²) in [5.41, 5.74) is 6.04. The number of carbonyl (C=O) groups is 2. The van der Waals surface area contributed by atoms with Crippen molar-refractivity contribution in [3.8, 4) is 0 Å². The molecule has 0 aliphatic carbocycles. The van der Waals surface area contributed by atoms with Gasteiger partial charge in [0.05, 0.1) is 24.3 Å². The van der Waals surface area contributed by atoms with Gasteiger partial charge in [-0.15, -0.1) is 0 Å². The standard InChI is InChI=1S/C10H13N3O3/c1-13(7-3-2-4-12-6-7)10(16)8(11)5-9(14)15/h2-4,6,8H,5,11H2,1H3,(H,14,15). The number of aliphatic carboxylic acids is 1. The Balaban J connectivity index is 2.71. The van der Waals surface area contributed by atoms with E-state index in [4.69, 9.17) is 10.8 Å². The summed E-state index contributed by atoms with van der Waals surface area (Å²) in [6, 6.07) is 2.34. The van der Waals surface area contributed by atoms with E-state index in [-0.39, 0.29) is 6.42 Å². The minimum absolute atomic E-state index is 0.385. The van der Waals surface area contributed by atoms with Crippen LogP contribution in [-0.2, 0) is 9.59 Å². The third-order valence-corrected chi connectivity index (χ3v) is 2.08. The summed E-state index contributed by atoms with van der Waals surface area (Å²) in [6.07, 6.45) is 2.70. The van der Waals surface area contributed by atoms with E-state index in [1.165, 1.54) is 18.1 Å². The SMILES string of the molecule is CN(C(=O)C(N)CC(=O)O)c1cccnc1. The van der Waals surface area contributed by atoms with Crippen molar-refractivity contribution in [2.45, 2.75) is 12.5 Å². The maximum atomic E-state index is 11.7. The van der Waals surface area contributed by atoms with Gasteiger partial charge >= 0.3 is 5.97 Å². The molecule has 16 heavy (non-hydrogen) atoms. The van der Waals surface area contributed by atoms with Crippen molar-refractivity contribution in [3.05, 3.63) is 24.5 Å². The molecule has 1 unspecified atom stereocenters. The van der Waals surface area contributed by atoms with Crippen molar-refractivity contribution in [3.63, 3.8) is 0 Å². The zero-order valence-corrected chi connectivity index (χ0v) is 8.83. The molecule has 1 amide bonds. The van der Waals surface area contributed by atoms with Crippen molar-refractivity contribution in [2.24, 2.45) is 5.73 Å². The molecule has 0 radical (unpaired) electrons. The van der Waals surface area contributed by atoms with Gasteiger partial charge in [0.2, 0.25) is 5.91 Å². The number of rotatable bonds is 4. The van der Waals surface area contributed by atoms with E-state index < -0.39 is 17.9 Å². The number of nitrogens with zero attached hydrogens (tertiary/aromatic N) is 2. The van der Waals surface area contributed by atoms with E-state index in [0.29, 0.717) is 5.69 Å². The Morgan fingerprint density at radius 1 is 1.62 bits per heavy atom. The molecule has 3 N–H and O–H groups in total. The molecule has 86 valence electrons. The van der Waals surface area contributed by atoms with Crippen LogP contribution in [0.3, 0.4) is 0 Å². The molecule has 6 heteroatoms. The van der Waals surface area contributed by atoms with Gasteiger partial charge in [0, 0.05) is 13.2 Å². The van der Waals surface area contributed by atoms with E-state index in [9.17, 15) is 9.59 Å². The second-order valence-corrected chi connectivity index (χ2v) is 3.31. The maximum absolute atomic E-state index is 11.7. The van der Waals surface area contributed by atoms with Gasteiger partial charge in [-0.25, -0.2) is 0 Å². The summed E-state index contributed by atoms with van der Waals surface area (Å²) < 4.78 is 0. The van der Waals surface area contributed by atoms with Gasteiger partial charge in [-0.1, -0.05) is 0 Å². The third kappa shape index (κ3) is 3.03. The van der Waals surface area contributed by atoms with Gasteiger partial charge in [0.25, 0.3) is 0 Å². The first-order chi connectivity index (χ1) is 7.52. The molecule has 0 aliphatic rings. The molecule has 0 fully saturated rings. The normalized spacial score (nSPS) is 11.9. The van der Waals surface area contributed by atoms with E-state index in [1.54, 1.807) is 18.3 Å². The average molecular weight is 223 g/mol. The van der Waals surface area contributed by atoms with Crippen LogP contribution in [0.15, 0.2) is 24.5 Å². The zero-order valence-electron chi connectivity index (χ0n) is 8.83. The van der Waals surface area contributed by atoms with E-state index >= 15 is 0 Å². The fourth-order valence-electron chi connectivity index (χ4n) is 1.20. The molecule has 1 rings (SSSR count). The van der Waals surface area contributed by atoms with Gasteiger partial charge in [0.1, 0.15) is 0 Å². The summed E-state index contributed by atoms with van der Waals surface area (Å²) in [6.45, 7) is 0. The number of nitrogens with two attached hydrogens (primary N) is 1. The summed E-state index contributed by atoms with van der Waals surface area (Å²) in [4.78, 5) is 27.2. The molecule has 0 bridgehead atoms. The van der Waals surface area contributed by atoms with Crippen LogP contribution in [0, 0.1) is 0 Å². The first-order valence-corrected chi connectivity index (χ1v) is 4.67. The lowest BCUT2D eigenvalue weighted by Crippen LogP contribution is -2.43. The zero-order chi connectivity index (χ0) is 12.1. The second-order valence-electron chi connectivity index (χ2n) is 3.31. The highest BCUT2D eigenvalue weighted by Gasteiger charge is 2.21. The highest BCUT2D eigenvalue weighted by atomic mass is 16.4. The number of anilines is 1. The van der Waals surface area contributed by atoms with Gasteiger partial charge in [-0.3, -0.25) is 14.6 Å². The molecule has 1 aromatic rings. The Hall–Kier alpha value is -1.95. The summed E-state index contributed by atoms with van der Waals surface area (Å²) in [7, 11) is 1.53. The minimum atomic E-state index is -1.10. The molecule has 0 aromatic carbocycles. The molecular formula is C10H13N3O3. The Bertz CT molecular complexity index is 380. The second kappa shape index (κ2) is 5.22. The summed E-state index contributed by atoms with van der Waals surface area (Å²) >= 11 is 0. The van der Waals surface area contributed by atoms with Crippen LogP contribution in [0.5, 0.6) is 0 Å². The molecule has 0 spiro atoms. The molecule has 6 nitrogen and oxygen atoms in total. The number of pyridine rings is 1. The van der Waals surface area contributed by atoms with Crippen molar-refractivity contribution in [1.29, 1.82) is 0 Å². The van der Waals surface area contributed by atoms with Crippen LogP contribution in [0.2, 0.25) is 0 Å². The molecule has 0 aliphatic heterocycles. The summed E-state index contributed by atoms with van der Waals surface area (Å²) in [5.74, 6) is -1.55. The third-order valence-electron chi connectivity index (χ3n) is 2.08. The lowest BCUT2D eigenvalue weighted by Gasteiger charge is -2.19. The van der Waals surface area contributed by atoms with Gasteiger partial charge in [-0.05, 0) is 12.1 Å². The number of amides is 1. The minimum Gasteiger partial charge on any atom is -0.481 e. The first-order valence-electron chi connectivity index (χ1n) is 4.67. The average Bonchev–Trinajstić information content (AvgIpc) is 2.27. The van der Waals surface area contributed by atoms with Crippen molar-refractivity contribution < 1.29 is 14.7 Å². The van der Waals surface area contributed by atoms with E-state index in [1.807, 2.05) is 0 Å². The van der Waals surface area contributed by atoms with Crippen LogP contribution < -0.4 is 10.6 Å². The van der Waals surface area contributed by atoms with Crippen LogP contribution in [-0.4, -0.2) is 35.1 Å². The largest absolute Gasteiger partial charge is 0.481 e. The number of carbonyl (C=O) groups excluding carboxylic acids is 1. The molecule has 0 saturated heterocycles. The fourth-order valence-corrected chi connectivity index (χ4v) is 1.20. The van der Waals surface area contributed by atoms with Crippen molar-refractivity contribution in [1.82, 2.24) is 4.98 Å². The van der Waals surface area contributed by atoms with Gasteiger partial charge in [-0.2, -0.15) is 0 Å². The van der Waals surface area contributed by atoms with E-state index in [2.05, 4.69) is 4.98 Å². The number of aromatic nitrogens is 1. The van der Waals surface area contributed by atoms with Crippen LogP contribution >= 0.6 is 0 Å². The van der Waals surface area contributed by atoms with Crippen LogP contribution in [0.4, 0.5) is 5.69 Å². The van der Waals surface area contributed by atoms with Crippen molar-refractivity contribution >= 4 is 17.6 Å². The van der Waals surface area contributed by atoms with Crippen molar-refractivity contribution in [2.75, 3.05) is 11.9 Å². The highest BCUT2D eigenvalue weighted by Crippen LogP contribution is 2.10. The number of carboxylic acids is 1. The molecule has 1 aromatic heterocycles. The Kier molecular flexibility index (Phi) is 3.96. The fraction of sp³-hybridized carbons (Fsp3) is 0.300. The van der Waals surface area contributed by atoms with Gasteiger partial charge < -0.3 is 15.7 Å². The lowest BCUT2D eigenvalue weighted by molar-refractivity contribution is -0.139. The number of carboxylic acid groups (broad SMARTS) is 1. The Morgan fingerprint density at radius 3 is 2.81 bits per heavy atom. The smallest absolute Gasteiger partial charge is 0.305 e. The quantitative estimate of drug-likeness (QED) is 0.739. The Labute approximate surface area is 92.7 Å². The number of hydrogen-bond acceptors (Lipinski definition) is 4. The Morgan fingerprint density at radius 2 is 2.31 bits per heavy atom. The summed E-state index contributed by atoms with van der Waals surface area (Å²) in [5, 5.41) is 8.52. The lowest BCUT2D eigenvalue weighted by atomic mass is 10.2. The maximum Gasteiger partial charge on any atom is 0.305 e. The molecule has 1 heterocycles. The predicted molar refractivity (Wildman–Crippen MR) is 57.9 cm³/mol. The predicted octanol–water partition coefficient (Wildman–Crippen LogP) is -0.154. The van der Waals surface area contributed by atoms with E-state index in [0.717, 1.165) is 0 Å². The van der Waals surface area contributed by atoms with Crippen LogP contribution in [0.25, 0.3) is 0 Å².